The van der Waals surface area contributed by atoms with E-state index in [-0.39, 0.29) is 0 Å². The zero-order chi connectivity index (χ0) is 13.2. The van der Waals surface area contributed by atoms with Gasteiger partial charge in [0.2, 0.25) is 0 Å². The highest BCUT2D eigenvalue weighted by atomic mass is 15.2. The standard InChI is InChI=1S/C17H26N2/c1-3-13-8-10-19(11-9-13)16-12-14-6-4-5-7-15(14)17(16)18-2/h4-7,13,16-18H,3,8-12H2,1-2H3. The van der Waals surface area contributed by atoms with Crippen LogP contribution in [0.25, 0.3) is 0 Å². The van der Waals surface area contributed by atoms with E-state index in [1.807, 2.05) is 0 Å². The number of fused-ring (bicyclic) bond motifs is 1. The summed E-state index contributed by atoms with van der Waals surface area (Å²) in [7, 11) is 2.11. The molecule has 1 aliphatic carbocycles. The van der Waals surface area contributed by atoms with Crippen LogP contribution in [0, 0.1) is 5.92 Å². The van der Waals surface area contributed by atoms with E-state index in [1.165, 1.54) is 44.3 Å². The minimum Gasteiger partial charge on any atom is -0.312 e. The summed E-state index contributed by atoms with van der Waals surface area (Å²) in [6.45, 7) is 4.91. The molecule has 2 aliphatic rings. The second-order valence-electron chi connectivity index (χ2n) is 6.12. The van der Waals surface area contributed by atoms with Crippen molar-refractivity contribution in [1.29, 1.82) is 0 Å². The number of likely N-dealkylation sites (N-methyl/N-ethyl adjacent to an activating group) is 1. The van der Waals surface area contributed by atoms with Crippen LogP contribution in [0.2, 0.25) is 0 Å². The average Bonchev–Trinajstić information content (AvgIpc) is 2.85. The van der Waals surface area contributed by atoms with Gasteiger partial charge in [0.1, 0.15) is 0 Å². The van der Waals surface area contributed by atoms with Gasteiger partial charge in [-0.3, -0.25) is 4.90 Å². The zero-order valence-electron chi connectivity index (χ0n) is 12.2. The first-order valence-electron chi connectivity index (χ1n) is 7.82. The Bertz CT molecular complexity index is 421. The third kappa shape index (κ3) is 2.44. The lowest BCUT2D eigenvalue weighted by Crippen LogP contribution is -2.46. The molecule has 1 fully saturated rings. The van der Waals surface area contributed by atoms with Crippen LogP contribution in [0.3, 0.4) is 0 Å². The molecule has 0 spiro atoms. The Balaban J connectivity index is 1.73. The minimum atomic E-state index is 0.523. The molecule has 2 heteroatoms. The first kappa shape index (κ1) is 13.1. The number of nitrogens with one attached hydrogen (secondary N) is 1. The second-order valence-corrected chi connectivity index (χ2v) is 6.12. The molecule has 1 heterocycles. The van der Waals surface area contributed by atoms with E-state index in [4.69, 9.17) is 0 Å². The molecular formula is C17H26N2. The fourth-order valence-corrected chi connectivity index (χ4v) is 3.95. The molecule has 104 valence electrons. The van der Waals surface area contributed by atoms with Crippen LogP contribution in [-0.4, -0.2) is 31.1 Å². The monoisotopic (exact) mass is 258 g/mol. The third-order valence-corrected chi connectivity index (χ3v) is 5.21. The van der Waals surface area contributed by atoms with Gasteiger partial charge < -0.3 is 5.32 Å². The van der Waals surface area contributed by atoms with Gasteiger partial charge in [-0.2, -0.15) is 0 Å². The van der Waals surface area contributed by atoms with E-state index in [9.17, 15) is 0 Å². The summed E-state index contributed by atoms with van der Waals surface area (Å²) in [6.07, 6.45) is 5.35. The molecule has 0 saturated carbocycles. The molecule has 1 saturated heterocycles. The van der Waals surface area contributed by atoms with Crippen molar-refractivity contribution in [2.45, 2.75) is 44.7 Å². The third-order valence-electron chi connectivity index (χ3n) is 5.21. The number of piperidine rings is 1. The summed E-state index contributed by atoms with van der Waals surface area (Å²) in [5, 5.41) is 3.55. The molecule has 1 aromatic rings. The highest BCUT2D eigenvalue weighted by Crippen LogP contribution is 2.36. The fourth-order valence-electron chi connectivity index (χ4n) is 3.95. The predicted octanol–water partition coefficient (Wildman–Crippen LogP) is 2.99. The maximum atomic E-state index is 3.55. The van der Waals surface area contributed by atoms with Gasteiger partial charge >= 0.3 is 0 Å². The zero-order valence-corrected chi connectivity index (χ0v) is 12.2. The van der Waals surface area contributed by atoms with Crippen molar-refractivity contribution in [3.8, 4) is 0 Å². The molecule has 2 atom stereocenters. The molecular weight excluding hydrogens is 232 g/mol. The fraction of sp³-hybridized carbons (Fsp3) is 0.647. The average molecular weight is 258 g/mol. The van der Waals surface area contributed by atoms with Crippen LogP contribution in [0.5, 0.6) is 0 Å². The van der Waals surface area contributed by atoms with Crippen molar-refractivity contribution in [3.63, 3.8) is 0 Å². The molecule has 0 bridgehead atoms. The Morgan fingerprint density at radius 1 is 1.21 bits per heavy atom. The van der Waals surface area contributed by atoms with Crippen LogP contribution < -0.4 is 5.32 Å². The SMILES string of the molecule is CCC1CCN(C2Cc3ccccc3C2NC)CC1. The van der Waals surface area contributed by atoms with E-state index < -0.39 is 0 Å². The van der Waals surface area contributed by atoms with Crippen molar-refractivity contribution >= 4 is 0 Å². The number of rotatable bonds is 3. The van der Waals surface area contributed by atoms with Crippen LogP contribution in [0.1, 0.15) is 43.4 Å². The van der Waals surface area contributed by atoms with E-state index in [1.54, 1.807) is 5.56 Å². The molecule has 0 amide bonds. The summed E-state index contributed by atoms with van der Waals surface area (Å²) in [4.78, 5) is 2.73. The second kappa shape index (κ2) is 5.64. The van der Waals surface area contributed by atoms with Crippen molar-refractivity contribution in [3.05, 3.63) is 35.4 Å². The Hall–Kier alpha value is -0.860. The quantitative estimate of drug-likeness (QED) is 0.896. The highest BCUT2D eigenvalue weighted by molar-refractivity contribution is 5.37. The van der Waals surface area contributed by atoms with Gasteiger partial charge in [-0.05, 0) is 56.4 Å². The van der Waals surface area contributed by atoms with Crippen LogP contribution in [-0.2, 0) is 6.42 Å². The van der Waals surface area contributed by atoms with Crippen molar-refractivity contribution in [2.75, 3.05) is 20.1 Å². The molecule has 1 N–H and O–H groups in total. The van der Waals surface area contributed by atoms with E-state index in [0.29, 0.717) is 12.1 Å². The molecule has 0 aromatic heterocycles. The van der Waals surface area contributed by atoms with Crippen molar-refractivity contribution in [1.82, 2.24) is 10.2 Å². The van der Waals surface area contributed by atoms with Gasteiger partial charge in [0.15, 0.2) is 0 Å². The summed E-state index contributed by atoms with van der Waals surface area (Å²) in [5.74, 6) is 0.966. The largest absolute Gasteiger partial charge is 0.312 e. The molecule has 2 unspecified atom stereocenters. The first-order valence-corrected chi connectivity index (χ1v) is 7.82. The number of benzene rings is 1. The van der Waals surface area contributed by atoms with Gasteiger partial charge in [0.05, 0.1) is 0 Å². The normalized spacial score (nSPS) is 28.5. The number of likely N-dealkylation sites (tertiary alicyclic amines) is 1. The summed E-state index contributed by atoms with van der Waals surface area (Å²) in [6, 6.07) is 10.1. The van der Waals surface area contributed by atoms with E-state index in [0.717, 1.165) is 5.92 Å². The molecule has 0 radical (unpaired) electrons. The molecule has 3 rings (SSSR count). The minimum absolute atomic E-state index is 0.523. The Kier molecular flexibility index (Phi) is 3.90. The summed E-state index contributed by atoms with van der Waals surface area (Å²) >= 11 is 0. The predicted molar refractivity (Wildman–Crippen MR) is 80.3 cm³/mol. The summed E-state index contributed by atoms with van der Waals surface area (Å²) in [5.41, 5.74) is 3.07. The van der Waals surface area contributed by atoms with Crippen molar-refractivity contribution < 1.29 is 0 Å². The molecule has 2 nitrogen and oxygen atoms in total. The Morgan fingerprint density at radius 2 is 1.95 bits per heavy atom. The van der Waals surface area contributed by atoms with E-state index in [2.05, 4.69) is 48.5 Å². The van der Waals surface area contributed by atoms with Gasteiger partial charge in [0, 0.05) is 12.1 Å². The van der Waals surface area contributed by atoms with Gasteiger partial charge in [-0.15, -0.1) is 0 Å². The topological polar surface area (TPSA) is 15.3 Å². The van der Waals surface area contributed by atoms with Crippen LogP contribution >= 0.6 is 0 Å². The Morgan fingerprint density at radius 3 is 2.63 bits per heavy atom. The lowest BCUT2D eigenvalue weighted by Gasteiger charge is -2.38. The van der Waals surface area contributed by atoms with Gasteiger partial charge in [-0.25, -0.2) is 0 Å². The maximum absolute atomic E-state index is 3.55. The van der Waals surface area contributed by atoms with Crippen molar-refractivity contribution in [2.24, 2.45) is 5.92 Å². The highest BCUT2D eigenvalue weighted by Gasteiger charge is 2.36. The smallest absolute Gasteiger partial charge is 0.0481 e. The number of hydrogen-bond acceptors (Lipinski definition) is 2. The lowest BCUT2D eigenvalue weighted by molar-refractivity contribution is 0.114. The van der Waals surface area contributed by atoms with Gasteiger partial charge in [0.25, 0.3) is 0 Å². The van der Waals surface area contributed by atoms with Crippen LogP contribution in [0.4, 0.5) is 0 Å². The molecule has 19 heavy (non-hydrogen) atoms. The summed E-state index contributed by atoms with van der Waals surface area (Å²) < 4.78 is 0. The Labute approximate surface area is 117 Å². The number of nitrogens with zero attached hydrogens (tertiary/aromatic N) is 1. The van der Waals surface area contributed by atoms with Crippen LogP contribution in [0.15, 0.2) is 24.3 Å². The molecule has 1 aliphatic heterocycles. The van der Waals surface area contributed by atoms with Gasteiger partial charge in [-0.1, -0.05) is 37.6 Å². The number of hydrogen-bond donors (Lipinski definition) is 1. The molecule has 1 aromatic carbocycles. The first-order chi connectivity index (χ1) is 9.33. The van der Waals surface area contributed by atoms with E-state index >= 15 is 0 Å². The lowest BCUT2D eigenvalue weighted by atomic mass is 9.92. The maximum Gasteiger partial charge on any atom is 0.0481 e.